The Hall–Kier alpha value is -5.12. The highest BCUT2D eigenvalue weighted by molar-refractivity contribution is 7.99. The van der Waals surface area contributed by atoms with Gasteiger partial charge in [-0.2, -0.15) is 10.6 Å². The Morgan fingerprint density at radius 1 is 0.625 bits per heavy atom. The van der Waals surface area contributed by atoms with Gasteiger partial charge in [0.25, 0.3) is 0 Å². The third-order valence-electron chi connectivity index (χ3n) is 6.86. The van der Waals surface area contributed by atoms with Gasteiger partial charge in [0.05, 0.1) is 24.0 Å². The van der Waals surface area contributed by atoms with Crippen LogP contribution in [-0.2, 0) is 29.7 Å². The van der Waals surface area contributed by atoms with Gasteiger partial charge >= 0.3 is 24.1 Å². The topological polar surface area (TPSA) is 251 Å². The first-order valence-corrected chi connectivity index (χ1v) is 21.5. The Morgan fingerprint density at radius 2 is 0.982 bits per heavy atom. The van der Waals surface area contributed by atoms with E-state index in [4.69, 9.17) is 0 Å². The quantitative estimate of drug-likeness (QED) is 0.0851. The first-order valence-electron chi connectivity index (χ1n) is 16.7. The van der Waals surface area contributed by atoms with Crippen LogP contribution < -0.4 is 20.6 Å². The van der Waals surface area contributed by atoms with Gasteiger partial charge in [-0.3, -0.25) is 0 Å². The van der Waals surface area contributed by atoms with Gasteiger partial charge in [0, 0.05) is 9.79 Å². The summed E-state index contributed by atoms with van der Waals surface area (Å²) >= 11 is 3.63. The van der Waals surface area contributed by atoms with E-state index >= 15 is 0 Å². The smallest absolute Gasteiger partial charge is 0.476 e. The maximum absolute atomic E-state index is 11.1. The first-order chi connectivity index (χ1) is 26.7. The average molecular weight is 847 g/mol. The number of hydrogen-bond acceptors (Lipinski definition) is 12. The fourth-order valence-corrected chi connectivity index (χ4v) is 6.89. The lowest BCUT2D eigenvalue weighted by molar-refractivity contribution is -0.326. The molecule has 0 aliphatic carbocycles. The minimum Gasteiger partial charge on any atom is -0.744 e. The number of carbonyl (C=O) groups excluding carboxylic acids is 2. The van der Waals surface area contributed by atoms with Crippen LogP contribution in [0.25, 0.3) is 22.1 Å². The number of benzene rings is 4. The van der Waals surface area contributed by atoms with Gasteiger partial charge in [-0.1, -0.05) is 50.2 Å². The van der Waals surface area contributed by atoms with Crippen LogP contribution in [0.1, 0.15) is 26.7 Å². The lowest BCUT2D eigenvalue weighted by atomic mass is 10.3. The molecule has 56 heavy (non-hydrogen) atoms. The molecule has 0 aliphatic heterocycles. The predicted octanol–water partition coefficient (Wildman–Crippen LogP) is 6.51. The summed E-state index contributed by atoms with van der Waals surface area (Å²) in [7, 11) is -5.84. The Balaban J connectivity index is 0.000000208. The molecule has 0 saturated heterocycles. The molecule has 0 spiro atoms. The Labute approximate surface area is 333 Å². The molecule has 6 aromatic rings. The maximum atomic E-state index is 11.1. The number of nitrogens with one attached hydrogen (secondary N) is 6. The standard InChI is InChI=1S/2C12H15N3O2S.2C6H6O3S/c2*1-3-6-18-8-4-5-9-10(7-8)14-11(13-9)15-12(16)17-2;2*7-10(8,9)6-4-2-1-3-5-6/h2*4-5,7H,3,6H2,1-2H3,(H2,13,14,15,16);2*1-5H,(H,7,8,9). The van der Waals surface area contributed by atoms with E-state index in [0.717, 1.165) is 46.4 Å². The number of aromatic amines is 4. The zero-order valence-electron chi connectivity index (χ0n) is 30.8. The van der Waals surface area contributed by atoms with Crippen molar-refractivity contribution in [2.24, 2.45) is 0 Å². The molecule has 16 nitrogen and oxygen atoms in total. The number of methoxy groups -OCH3 is 2. The van der Waals surface area contributed by atoms with Gasteiger partial charge in [0.2, 0.25) is 0 Å². The molecule has 0 atom stereocenters. The monoisotopic (exact) mass is 846 g/mol. The van der Waals surface area contributed by atoms with E-state index in [1.165, 1.54) is 72.5 Å². The Kier molecular flexibility index (Phi) is 18.1. The number of H-pyrrole nitrogens is 4. The number of amides is 2. The lowest BCUT2D eigenvalue weighted by Gasteiger charge is -2.04. The van der Waals surface area contributed by atoms with Crippen molar-refractivity contribution in [1.82, 2.24) is 9.97 Å². The summed E-state index contributed by atoms with van der Waals surface area (Å²) in [5.74, 6) is 3.25. The van der Waals surface area contributed by atoms with E-state index in [9.17, 15) is 35.5 Å². The van der Waals surface area contributed by atoms with Crippen molar-refractivity contribution in [3.05, 3.63) is 97.1 Å². The molecule has 0 unspecified atom stereocenters. The molecule has 0 aliphatic rings. The fraction of sp³-hybridized carbons (Fsp3) is 0.222. The van der Waals surface area contributed by atoms with Crippen molar-refractivity contribution < 1.29 is 55.0 Å². The largest absolute Gasteiger partial charge is 0.744 e. The molecule has 0 saturated carbocycles. The van der Waals surface area contributed by atoms with Crippen LogP contribution in [0.15, 0.2) is 117 Å². The van der Waals surface area contributed by atoms with E-state index in [2.05, 4.69) is 78.2 Å². The Bertz CT molecular complexity index is 2210. The van der Waals surface area contributed by atoms with Crippen LogP contribution >= 0.6 is 23.5 Å². The lowest BCUT2D eigenvalue weighted by Crippen LogP contribution is -2.17. The molecule has 2 aromatic heterocycles. The number of aromatic nitrogens is 4. The Morgan fingerprint density at radius 3 is 1.27 bits per heavy atom. The summed E-state index contributed by atoms with van der Waals surface area (Å²) in [4.78, 5) is 36.6. The highest BCUT2D eigenvalue weighted by Crippen LogP contribution is 2.23. The predicted molar refractivity (Wildman–Crippen MR) is 213 cm³/mol. The molecule has 2 amide bonds. The number of anilines is 2. The first kappa shape index (κ1) is 45.3. The number of rotatable bonds is 10. The van der Waals surface area contributed by atoms with Crippen LogP contribution in [-0.4, -0.2) is 73.8 Å². The van der Waals surface area contributed by atoms with E-state index in [0.29, 0.717) is 11.9 Å². The summed E-state index contributed by atoms with van der Waals surface area (Å²) in [6.45, 7) is 4.32. The molecule has 0 radical (unpaired) electrons. The van der Waals surface area contributed by atoms with Crippen molar-refractivity contribution in [1.29, 1.82) is 0 Å². The number of thioether (sulfide) groups is 2. The van der Waals surface area contributed by atoms with Gasteiger partial charge in [-0.15, -0.1) is 23.5 Å². The second kappa shape index (κ2) is 22.4. The molecule has 6 rings (SSSR count). The molecular weight excluding hydrogens is 805 g/mol. The third kappa shape index (κ3) is 15.6. The van der Waals surface area contributed by atoms with Crippen LogP contribution in [0.3, 0.4) is 0 Å². The van der Waals surface area contributed by atoms with E-state index < -0.39 is 32.4 Å². The number of imidazole rings is 2. The van der Waals surface area contributed by atoms with Gasteiger partial charge in [0.1, 0.15) is 42.3 Å². The molecule has 0 fully saturated rings. The molecule has 300 valence electrons. The molecule has 0 bridgehead atoms. The minimum atomic E-state index is -4.25. The molecular formula is C36H42N6O10S4. The molecule has 4 aromatic carbocycles. The van der Waals surface area contributed by atoms with Crippen molar-refractivity contribution in [2.75, 3.05) is 36.4 Å². The van der Waals surface area contributed by atoms with E-state index in [1.54, 1.807) is 12.1 Å². The molecule has 20 heteroatoms. The number of ether oxygens (including phenoxy) is 2. The van der Waals surface area contributed by atoms with Crippen LogP contribution in [0.5, 0.6) is 0 Å². The molecule has 2 heterocycles. The van der Waals surface area contributed by atoms with Crippen LogP contribution in [0.2, 0.25) is 0 Å². The van der Waals surface area contributed by atoms with Crippen molar-refractivity contribution in [3.63, 3.8) is 0 Å². The highest BCUT2D eigenvalue weighted by atomic mass is 32.2. The van der Waals surface area contributed by atoms with Gasteiger partial charge in [-0.25, -0.2) is 46.4 Å². The second-order valence-electron chi connectivity index (χ2n) is 11.1. The fourth-order valence-electron chi connectivity index (χ4n) is 4.30. The van der Waals surface area contributed by atoms with E-state index in [1.807, 2.05) is 35.7 Å². The number of hydrogen-bond donors (Lipinski definition) is 4. The second-order valence-corrected chi connectivity index (χ2v) is 16.2. The van der Waals surface area contributed by atoms with Crippen molar-refractivity contribution in [3.8, 4) is 0 Å². The van der Waals surface area contributed by atoms with Crippen molar-refractivity contribution >= 4 is 89.9 Å². The summed E-state index contributed by atoms with van der Waals surface area (Å²) < 4.78 is 70.7. The summed E-state index contributed by atoms with van der Waals surface area (Å²) in [6.07, 6.45) is 1.29. The average Bonchev–Trinajstić information content (AvgIpc) is 3.79. The zero-order valence-corrected chi connectivity index (χ0v) is 34.0. The van der Waals surface area contributed by atoms with E-state index in [-0.39, 0.29) is 9.79 Å². The summed E-state index contributed by atoms with van der Waals surface area (Å²) in [5, 5.41) is 5.13. The summed E-state index contributed by atoms with van der Waals surface area (Å²) in [6, 6.07) is 26.6. The van der Waals surface area contributed by atoms with Crippen LogP contribution in [0.4, 0.5) is 21.5 Å². The third-order valence-corrected chi connectivity index (χ3v) is 11.0. The number of carbonyl (C=O) groups is 2. The summed E-state index contributed by atoms with van der Waals surface area (Å²) in [5.41, 5.74) is 3.81. The SMILES string of the molecule is CCCSc1ccc2[nH+]c(NC(=O)OC)[nH]c2c1.CCCSc1ccc2[nH+]c(NC(=O)OC)[nH]c2c1.O=S(=O)([O-])c1ccccc1.O=S(=O)([O-])c1ccccc1. The number of fused-ring (bicyclic) bond motifs is 2. The normalized spacial score (nSPS) is 10.8. The van der Waals surface area contributed by atoms with Gasteiger partial charge < -0.3 is 18.6 Å². The highest BCUT2D eigenvalue weighted by Gasteiger charge is 2.15. The van der Waals surface area contributed by atoms with Gasteiger partial charge in [-0.05, 0) is 85.0 Å². The molecule has 6 N–H and O–H groups in total. The van der Waals surface area contributed by atoms with Gasteiger partial charge in [0.15, 0.2) is 0 Å². The maximum Gasteiger partial charge on any atom is 0.476 e. The minimum absolute atomic E-state index is 0.185. The van der Waals surface area contributed by atoms with Crippen molar-refractivity contribution in [2.45, 2.75) is 46.3 Å². The van der Waals surface area contributed by atoms with Crippen LogP contribution in [0, 0.1) is 0 Å². The zero-order chi connectivity index (χ0) is 41.1.